The first-order valence-electron chi connectivity index (χ1n) is 8.66. The summed E-state index contributed by atoms with van der Waals surface area (Å²) in [6, 6.07) is 0. The molecule has 1 aromatic rings. The fraction of sp³-hybridized carbons (Fsp3) is 0.545. The molecule has 2 unspecified atom stereocenters. The first-order valence-corrected chi connectivity index (χ1v) is 13.2. The maximum Gasteiger partial charge on any atom is 0.490 e. The van der Waals surface area contributed by atoms with Crippen LogP contribution < -0.4 is 16.4 Å². The number of phosphoric ester groups is 1. The number of phosphoric acid groups is 3. The van der Waals surface area contributed by atoms with Crippen LogP contribution in [0.25, 0.3) is 5.82 Å². The van der Waals surface area contributed by atoms with Gasteiger partial charge in [-0.25, -0.2) is 34.2 Å². The molecule has 0 radical (unpaired) electrons. The second-order valence-electron chi connectivity index (χ2n) is 6.60. The molecule has 1 saturated heterocycles. The van der Waals surface area contributed by atoms with Crippen LogP contribution in [0.2, 0.25) is 0 Å². The molecule has 3 aliphatic rings. The van der Waals surface area contributed by atoms with Gasteiger partial charge in [0.1, 0.15) is 12.3 Å². The van der Waals surface area contributed by atoms with E-state index >= 15 is 0 Å². The minimum atomic E-state index is -5.64. The fourth-order valence-corrected chi connectivity index (χ4v) is 6.12. The molecular weight excluding hydrogens is 501 g/mol. The maximum absolute atomic E-state index is 11.8. The number of aliphatic imine (C=N–C) groups is 1. The first kappa shape index (κ1) is 23.6. The van der Waals surface area contributed by atoms with Gasteiger partial charge in [0.2, 0.25) is 0 Å². The third-order valence-electron chi connectivity index (χ3n) is 4.32. The van der Waals surface area contributed by atoms with Crippen molar-refractivity contribution in [3.63, 3.8) is 0 Å². The summed E-state index contributed by atoms with van der Waals surface area (Å²) in [4.78, 5) is 44.2. The number of aliphatic hydroxyl groups excluding tert-OH is 1. The van der Waals surface area contributed by atoms with Gasteiger partial charge in [0.05, 0.1) is 25.6 Å². The third kappa shape index (κ3) is 5.17. The molecule has 0 amide bonds. The number of hydrogen-bond donors (Lipinski definition) is 6. The smallest absolute Gasteiger partial charge is 0.390 e. The minimum absolute atomic E-state index is 0.0189. The lowest BCUT2D eigenvalue weighted by molar-refractivity contribution is -0.0448. The van der Waals surface area contributed by atoms with Crippen molar-refractivity contribution in [1.82, 2.24) is 20.1 Å². The number of rotatable bonds is 8. The van der Waals surface area contributed by atoms with Gasteiger partial charge in [0.15, 0.2) is 16.7 Å². The number of fused-ring (bicyclic) bond motifs is 2. The molecule has 0 bridgehead atoms. The number of hydrogen-bond acceptors (Lipinski definition) is 13. The van der Waals surface area contributed by atoms with E-state index in [1.54, 1.807) is 11.2 Å². The first-order chi connectivity index (χ1) is 14.8. The zero-order chi connectivity index (χ0) is 23.3. The molecule has 32 heavy (non-hydrogen) atoms. The molecule has 4 rings (SSSR count). The molecule has 21 heteroatoms. The van der Waals surface area contributed by atoms with Crippen LogP contribution in [-0.2, 0) is 31.6 Å². The largest absolute Gasteiger partial charge is 0.490 e. The molecule has 6 N–H and O–H groups in total. The summed E-state index contributed by atoms with van der Waals surface area (Å²) in [6.07, 6.45) is -0.0453. The minimum Gasteiger partial charge on any atom is -0.390 e. The van der Waals surface area contributed by atoms with Crippen molar-refractivity contribution in [2.24, 2.45) is 10.1 Å². The summed E-state index contributed by atoms with van der Waals surface area (Å²) in [6.45, 7) is -0.268. The van der Waals surface area contributed by atoms with Crippen molar-refractivity contribution in [1.29, 1.82) is 0 Å². The van der Waals surface area contributed by atoms with E-state index in [0.717, 1.165) is 0 Å². The average Bonchev–Trinajstić information content (AvgIpc) is 3.33. The highest BCUT2D eigenvalue weighted by Gasteiger charge is 2.43. The molecule has 18 nitrogen and oxygen atoms in total. The topological polar surface area (TPSA) is 247 Å². The number of ether oxygens (including phenoxy) is 1. The van der Waals surface area contributed by atoms with E-state index in [-0.39, 0.29) is 6.42 Å². The van der Waals surface area contributed by atoms with Crippen molar-refractivity contribution < 1.29 is 56.3 Å². The van der Waals surface area contributed by atoms with Crippen LogP contribution in [0.3, 0.4) is 0 Å². The van der Waals surface area contributed by atoms with Crippen LogP contribution in [-0.4, -0.2) is 70.8 Å². The fourth-order valence-electron chi connectivity index (χ4n) is 3.09. The lowest BCUT2D eigenvalue weighted by Crippen LogP contribution is -2.47. The lowest BCUT2D eigenvalue weighted by Gasteiger charge is -2.20. The number of nitrogens with one attached hydrogen (secondary N) is 1. The van der Waals surface area contributed by atoms with E-state index in [9.17, 15) is 23.7 Å². The Morgan fingerprint density at radius 3 is 2.66 bits per heavy atom. The standard InChI is InChI=1S/C11H17N6O12P3/c18-6-3-8(16-5-13-9-10-12-1-2-17(10)15-14-11(9)16)27-7(6)4-26-31(22,23)29-32(24,25)28-30(19,20)21/h1,5-8,15,18H,2-4H2,(H,22,23)(H,24,25)(H2,19,20,21)/t6-,7+,8+/m0/s1. The second kappa shape index (κ2) is 8.36. The van der Waals surface area contributed by atoms with Gasteiger partial charge in [-0.05, 0) is 0 Å². The number of hydrazine groups is 1. The average molecular weight is 518 g/mol. The summed E-state index contributed by atoms with van der Waals surface area (Å²) in [7, 11) is -16.5. The van der Waals surface area contributed by atoms with Crippen LogP contribution >= 0.6 is 23.5 Å². The van der Waals surface area contributed by atoms with Gasteiger partial charge in [-0.15, -0.1) is 5.10 Å². The molecule has 0 spiro atoms. The van der Waals surface area contributed by atoms with E-state index in [1.165, 1.54) is 10.9 Å². The summed E-state index contributed by atoms with van der Waals surface area (Å²) >= 11 is 0. The Hall–Kier alpha value is -1.52. The van der Waals surface area contributed by atoms with Gasteiger partial charge >= 0.3 is 23.5 Å². The Morgan fingerprint density at radius 2 is 1.94 bits per heavy atom. The maximum atomic E-state index is 11.8. The Kier molecular flexibility index (Phi) is 6.17. The summed E-state index contributed by atoms with van der Waals surface area (Å²) in [5.41, 5.74) is 3.16. The van der Waals surface area contributed by atoms with Gasteiger partial charge in [0.25, 0.3) is 0 Å². The van der Waals surface area contributed by atoms with Gasteiger partial charge in [0, 0.05) is 12.6 Å². The van der Waals surface area contributed by atoms with Gasteiger partial charge in [-0.1, -0.05) is 0 Å². The summed E-state index contributed by atoms with van der Waals surface area (Å²) in [5, 5.41) is 16.6. The Balaban J connectivity index is 1.41. The van der Waals surface area contributed by atoms with Crippen LogP contribution in [0, 0.1) is 0 Å². The van der Waals surface area contributed by atoms with E-state index in [1.807, 2.05) is 0 Å². The van der Waals surface area contributed by atoms with Crippen LogP contribution in [0.1, 0.15) is 12.6 Å². The zero-order valence-corrected chi connectivity index (χ0v) is 18.4. The van der Waals surface area contributed by atoms with Crippen molar-refractivity contribution in [3.05, 3.63) is 17.2 Å². The van der Waals surface area contributed by atoms with Crippen LogP contribution in [0.4, 0.5) is 0 Å². The lowest BCUT2D eigenvalue weighted by atomic mass is 10.2. The molecule has 0 aromatic carbocycles. The predicted octanol–water partition coefficient (Wildman–Crippen LogP) is -2.62. The molecule has 5 atom stereocenters. The number of aromatic nitrogens is 2. The quantitative estimate of drug-likeness (QED) is 0.193. The monoisotopic (exact) mass is 518 g/mol. The highest BCUT2D eigenvalue weighted by molar-refractivity contribution is 7.66. The van der Waals surface area contributed by atoms with Crippen molar-refractivity contribution in [3.8, 4) is 0 Å². The molecule has 3 aliphatic heterocycles. The Labute approximate surface area is 177 Å². The normalized spacial score (nSPS) is 28.5. The van der Waals surface area contributed by atoms with E-state index in [2.05, 4.69) is 33.8 Å². The van der Waals surface area contributed by atoms with Gasteiger partial charge in [-0.3, -0.25) is 9.09 Å². The molecule has 4 heterocycles. The Bertz CT molecular complexity index is 1200. The number of imidazole rings is 1. The van der Waals surface area contributed by atoms with Gasteiger partial charge < -0.3 is 29.4 Å². The molecular formula is C11H17N6O12P3. The predicted molar refractivity (Wildman–Crippen MR) is 99.1 cm³/mol. The van der Waals surface area contributed by atoms with E-state index in [4.69, 9.17) is 19.4 Å². The highest BCUT2D eigenvalue weighted by Crippen LogP contribution is 2.66. The Morgan fingerprint density at radius 1 is 1.19 bits per heavy atom. The number of nitrogens with zero attached hydrogens (tertiary/aromatic N) is 5. The second-order valence-corrected chi connectivity index (χ2v) is 11.0. The van der Waals surface area contributed by atoms with Gasteiger partial charge in [-0.2, -0.15) is 8.62 Å². The summed E-state index contributed by atoms with van der Waals surface area (Å²) < 4.78 is 52.7. The molecule has 1 aromatic heterocycles. The van der Waals surface area contributed by atoms with Crippen LogP contribution in [0.15, 0.2) is 16.4 Å². The third-order valence-corrected chi connectivity index (χ3v) is 8.12. The highest BCUT2D eigenvalue weighted by atomic mass is 31.3. The van der Waals surface area contributed by atoms with Crippen LogP contribution in [0.5, 0.6) is 0 Å². The van der Waals surface area contributed by atoms with Crippen molar-refractivity contribution in [2.45, 2.75) is 24.9 Å². The van der Waals surface area contributed by atoms with Crippen molar-refractivity contribution >= 4 is 35.5 Å². The SMILES string of the molecule is O=P(O)(O)OP(=O)(O)OP(=O)(O)OC[C@H]1O[C@@H](n2cnc3c2=NNN2CC=NC=32)C[C@@H]1O. The molecule has 0 aliphatic carbocycles. The van der Waals surface area contributed by atoms with E-state index < -0.39 is 48.5 Å². The molecule has 1 fully saturated rings. The molecule has 0 saturated carbocycles. The number of aliphatic hydroxyl groups is 1. The summed E-state index contributed by atoms with van der Waals surface area (Å²) in [5.74, 6) is 0.552. The zero-order valence-electron chi connectivity index (χ0n) is 15.7. The van der Waals surface area contributed by atoms with Crippen molar-refractivity contribution in [2.75, 3.05) is 13.2 Å². The molecule has 178 valence electrons. The van der Waals surface area contributed by atoms with E-state index in [0.29, 0.717) is 23.2 Å².